The Labute approximate surface area is 141 Å². The third-order valence-electron chi connectivity index (χ3n) is 3.74. The van der Waals surface area contributed by atoms with E-state index in [2.05, 4.69) is 11.4 Å². The third-order valence-corrected chi connectivity index (χ3v) is 3.74. The van der Waals surface area contributed by atoms with Gasteiger partial charge in [0.15, 0.2) is 0 Å². The normalized spacial score (nSPS) is 17.5. The first-order valence-electron chi connectivity index (χ1n) is 7.66. The number of amides is 1. The number of allylic oxidation sites excluding steroid dienone is 1. The second-order valence-electron chi connectivity index (χ2n) is 5.80. The van der Waals surface area contributed by atoms with Gasteiger partial charge in [-0.1, -0.05) is 57.2 Å². The predicted octanol–water partition coefficient (Wildman–Crippen LogP) is 1.31. The molecule has 0 radical (unpaired) electrons. The fourth-order valence-electron chi connectivity index (χ4n) is 2.42. The van der Waals surface area contributed by atoms with Gasteiger partial charge in [-0.3, -0.25) is 4.79 Å². The van der Waals surface area contributed by atoms with Crippen molar-refractivity contribution in [2.45, 2.75) is 52.0 Å². The van der Waals surface area contributed by atoms with Gasteiger partial charge >= 0.3 is 18.9 Å². The van der Waals surface area contributed by atoms with Crippen molar-refractivity contribution >= 4 is 6.09 Å². The molecule has 1 amide bonds. The molecule has 116 valence electrons. The summed E-state index contributed by atoms with van der Waals surface area (Å²) < 4.78 is 10.2. The van der Waals surface area contributed by atoms with Crippen molar-refractivity contribution in [1.82, 2.24) is 0 Å². The Morgan fingerprint density at radius 2 is 1.95 bits per heavy atom. The van der Waals surface area contributed by atoms with E-state index in [-0.39, 0.29) is 30.8 Å². The van der Waals surface area contributed by atoms with Crippen LogP contribution in [0.5, 0.6) is 0 Å². The molecule has 1 fully saturated rings. The van der Waals surface area contributed by atoms with E-state index >= 15 is 0 Å². The maximum Gasteiger partial charge on any atom is 1.00 e. The van der Waals surface area contributed by atoms with Crippen LogP contribution in [0.2, 0.25) is 0 Å². The molecule has 21 heavy (non-hydrogen) atoms. The van der Waals surface area contributed by atoms with Crippen molar-refractivity contribution in [2.75, 3.05) is 20.3 Å². The molecule has 1 atom stereocenters. The molecular formula is C16H28LiNO3. The Hall–Kier alpha value is -0.433. The topological polar surface area (TPSA) is 49.6 Å². The molecule has 0 spiro atoms. The molecule has 5 heteroatoms. The second-order valence-corrected chi connectivity index (χ2v) is 5.80. The van der Waals surface area contributed by atoms with Gasteiger partial charge in [0.1, 0.15) is 6.61 Å². The molecule has 0 aromatic carbocycles. The summed E-state index contributed by atoms with van der Waals surface area (Å²) >= 11 is 0. The van der Waals surface area contributed by atoms with Gasteiger partial charge in [-0.15, -0.1) is 0 Å². The van der Waals surface area contributed by atoms with Gasteiger partial charge < -0.3 is 14.8 Å². The second kappa shape index (κ2) is 12.1. The van der Waals surface area contributed by atoms with Crippen LogP contribution in [-0.4, -0.2) is 32.5 Å². The van der Waals surface area contributed by atoms with Crippen molar-refractivity contribution < 1.29 is 33.1 Å². The van der Waals surface area contributed by atoms with Crippen LogP contribution in [0.3, 0.4) is 0 Å². The molecule has 0 aromatic heterocycles. The monoisotopic (exact) mass is 289 g/mol. The summed E-state index contributed by atoms with van der Waals surface area (Å²) in [4.78, 5) is 11.6. The molecule has 0 aliphatic heterocycles. The number of ether oxygens (including phenoxy) is 2. The minimum atomic E-state index is -0.492. The Bertz CT molecular complexity index is 302. The van der Waals surface area contributed by atoms with Crippen molar-refractivity contribution in [3.63, 3.8) is 0 Å². The predicted molar refractivity (Wildman–Crippen MR) is 80.9 cm³/mol. The molecule has 0 heterocycles. The van der Waals surface area contributed by atoms with Gasteiger partial charge in [-0.25, -0.2) is 0 Å². The number of methoxy groups -OCH3 is 1. The van der Waals surface area contributed by atoms with Crippen LogP contribution in [-0.2, 0) is 9.47 Å². The first kappa shape index (κ1) is 20.6. The standard InChI is InChI=1S/C16H29NO3.Li/c1-13(2)15(12-19-3)17-16(18)20-11-7-10-14-8-5-4-6-9-14;/h7,10,13-15H,4-6,8-9,11-12H2,1-3H3,(H,17,18);/q;+1/p-1/b10-7+;/t15-;/m1./s1. The van der Waals surface area contributed by atoms with Gasteiger partial charge in [0.05, 0.1) is 0 Å². The van der Waals surface area contributed by atoms with Crippen LogP contribution >= 0.6 is 0 Å². The zero-order chi connectivity index (χ0) is 14.8. The first-order valence-corrected chi connectivity index (χ1v) is 7.66. The molecule has 0 bridgehead atoms. The summed E-state index contributed by atoms with van der Waals surface area (Å²) in [6.07, 6.45) is 10.2. The van der Waals surface area contributed by atoms with Crippen molar-refractivity contribution in [2.24, 2.45) is 11.8 Å². The van der Waals surface area contributed by atoms with Crippen molar-refractivity contribution in [3.05, 3.63) is 17.5 Å². The van der Waals surface area contributed by atoms with Crippen LogP contribution in [0.15, 0.2) is 12.2 Å². The van der Waals surface area contributed by atoms with Crippen LogP contribution in [0.25, 0.3) is 5.32 Å². The van der Waals surface area contributed by atoms with Gasteiger partial charge in [-0.2, -0.15) is 0 Å². The summed E-state index contributed by atoms with van der Waals surface area (Å²) in [6, 6.07) is -0.130. The summed E-state index contributed by atoms with van der Waals surface area (Å²) in [7, 11) is 1.61. The van der Waals surface area contributed by atoms with E-state index in [0.717, 1.165) is 0 Å². The molecule has 0 unspecified atom stereocenters. The molecule has 1 rings (SSSR count). The van der Waals surface area contributed by atoms with E-state index in [1.165, 1.54) is 32.1 Å². The summed E-state index contributed by atoms with van der Waals surface area (Å²) in [5.41, 5.74) is 0. The minimum Gasteiger partial charge on any atom is -0.613 e. The molecule has 0 saturated heterocycles. The maximum absolute atomic E-state index is 11.6. The number of nitrogens with zero attached hydrogens (tertiary/aromatic N) is 1. The number of carbonyl (C=O) groups is 1. The maximum atomic E-state index is 11.6. The quantitative estimate of drug-likeness (QED) is 0.524. The average molecular weight is 289 g/mol. The van der Waals surface area contributed by atoms with Gasteiger partial charge in [0.25, 0.3) is 0 Å². The largest absolute Gasteiger partial charge is 1.00 e. The van der Waals surface area contributed by atoms with Crippen LogP contribution in [0.1, 0.15) is 46.0 Å². The average Bonchev–Trinajstić information content (AvgIpc) is 2.44. The molecule has 1 aliphatic carbocycles. The van der Waals surface area contributed by atoms with Gasteiger partial charge in [-0.05, 0) is 18.8 Å². The smallest absolute Gasteiger partial charge is 0.613 e. The van der Waals surface area contributed by atoms with Crippen molar-refractivity contribution in [3.8, 4) is 0 Å². The summed E-state index contributed by atoms with van der Waals surface area (Å²) in [6.45, 7) is 4.80. The van der Waals surface area contributed by atoms with Gasteiger partial charge in [0.2, 0.25) is 6.09 Å². The summed E-state index contributed by atoms with van der Waals surface area (Å²) in [5, 5.41) is 4.03. The van der Waals surface area contributed by atoms with E-state index in [4.69, 9.17) is 9.47 Å². The van der Waals surface area contributed by atoms with Crippen LogP contribution in [0.4, 0.5) is 4.79 Å². The zero-order valence-corrected chi connectivity index (χ0v) is 14.0. The van der Waals surface area contributed by atoms with Gasteiger partial charge in [0, 0.05) is 13.7 Å². The number of carbonyl (C=O) groups excluding carboxylic acids is 1. The zero-order valence-electron chi connectivity index (χ0n) is 14.0. The Kier molecular flexibility index (Phi) is 11.9. The molecule has 1 saturated carbocycles. The molecule has 1 aliphatic rings. The number of rotatable bonds is 7. The van der Waals surface area contributed by atoms with E-state index in [9.17, 15) is 4.79 Å². The van der Waals surface area contributed by atoms with E-state index < -0.39 is 6.09 Å². The number of hydrogen-bond acceptors (Lipinski definition) is 3. The molecular weight excluding hydrogens is 261 g/mol. The first-order chi connectivity index (χ1) is 9.63. The molecule has 0 aromatic rings. The number of hydrogen-bond donors (Lipinski definition) is 0. The molecule has 0 N–H and O–H groups in total. The van der Waals surface area contributed by atoms with Crippen LogP contribution < -0.4 is 18.9 Å². The minimum absolute atomic E-state index is 0. The van der Waals surface area contributed by atoms with E-state index in [0.29, 0.717) is 19.1 Å². The summed E-state index contributed by atoms with van der Waals surface area (Å²) in [5.74, 6) is 0.927. The van der Waals surface area contributed by atoms with Crippen molar-refractivity contribution in [1.29, 1.82) is 0 Å². The SMILES string of the molecule is COC[C@@H]([N-]C(=O)OC/C=C/C1CCCCC1)C(C)C.[Li+]. The fourth-order valence-corrected chi connectivity index (χ4v) is 2.42. The third kappa shape index (κ3) is 9.24. The molecule has 4 nitrogen and oxygen atoms in total. The van der Waals surface area contributed by atoms with E-state index in [1.807, 2.05) is 19.9 Å². The Morgan fingerprint density at radius 1 is 1.29 bits per heavy atom. The Balaban J connectivity index is 0.00000400. The van der Waals surface area contributed by atoms with E-state index in [1.54, 1.807) is 7.11 Å². The fraction of sp³-hybridized carbons (Fsp3) is 0.812. The van der Waals surface area contributed by atoms with Crippen LogP contribution in [0, 0.1) is 11.8 Å². The Morgan fingerprint density at radius 3 is 2.52 bits per heavy atom.